The highest BCUT2D eigenvalue weighted by Crippen LogP contribution is 1.80. The van der Waals surface area contributed by atoms with Gasteiger partial charge in [-0.05, 0) is 6.42 Å². The number of ether oxygens (including phenoxy) is 1. The molecule has 4 nitrogen and oxygen atoms in total. The lowest BCUT2D eigenvalue weighted by Gasteiger charge is -2.02. The molecular weight excluding hydrogens is 134 g/mol. The van der Waals surface area contributed by atoms with E-state index in [2.05, 4.69) is 10.1 Å². The van der Waals surface area contributed by atoms with Crippen molar-refractivity contribution in [3.05, 3.63) is 0 Å². The van der Waals surface area contributed by atoms with Gasteiger partial charge in [-0.3, -0.25) is 0 Å². The fraction of sp³-hybridized carbons (Fsp3) is 0.833. The van der Waals surface area contributed by atoms with Gasteiger partial charge in [-0.25, -0.2) is 9.90 Å². The molecule has 0 aliphatic rings. The fourth-order valence-electron chi connectivity index (χ4n) is 0.399. The summed E-state index contributed by atoms with van der Waals surface area (Å²) >= 11 is 0. The van der Waals surface area contributed by atoms with Gasteiger partial charge in [-0.1, -0.05) is 6.92 Å². The van der Waals surface area contributed by atoms with E-state index in [1.165, 1.54) is 0 Å². The molecule has 0 aromatic carbocycles. The summed E-state index contributed by atoms with van der Waals surface area (Å²) in [5, 5.41) is 12.1. The van der Waals surface area contributed by atoms with E-state index < -0.39 is 6.09 Å². The van der Waals surface area contributed by atoms with Gasteiger partial charge in [0.1, 0.15) is 0 Å². The van der Waals surface area contributed by atoms with Gasteiger partial charge in [0, 0.05) is 6.54 Å². The average molecular weight is 146 g/mol. The number of hydrogen-bond acceptors (Lipinski definition) is 2. The Morgan fingerprint density at radius 3 is 2.80 bits per heavy atom. The quantitative estimate of drug-likeness (QED) is 0.629. The minimum atomic E-state index is -0.502. The molecule has 1 amide bonds. The van der Waals surface area contributed by atoms with Gasteiger partial charge >= 0.3 is 6.09 Å². The van der Waals surface area contributed by atoms with Crippen molar-refractivity contribution >= 4 is 6.09 Å². The van der Waals surface area contributed by atoms with Gasteiger partial charge in [0.25, 0.3) is 0 Å². The minimum absolute atomic E-state index is 0.141. The smallest absolute Gasteiger partial charge is 0.407 e. The molecule has 10 heavy (non-hydrogen) atoms. The number of alkyl carbamates (subject to hydrolysis) is 1. The second-order valence-corrected chi connectivity index (χ2v) is 1.77. The van der Waals surface area contributed by atoms with Crippen LogP contribution in [0.4, 0.5) is 4.79 Å². The van der Waals surface area contributed by atoms with Crippen LogP contribution in [-0.2, 0) is 9.84 Å². The highest BCUT2D eigenvalue weighted by Gasteiger charge is 1.97. The first-order valence-electron chi connectivity index (χ1n) is 3.30. The average Bonchev–Trinajstić information content (AvgIpc) is 1.97. The lowest BCUT2D eigenvalue weighted by atomic mass is 10.5. The standard InChI is InChI=1S/C6H12NO3/c1-2-5-10-6(9)7-3-4-8/h2-5H2,1H3,(H,7,9). The molecular formula is C6H12NO3. The summed E-state index contributed by atoms with van der Waals surface area (Å²) in [6.45, 7) is 2.15. The van der Waals surface area contributed by atoms with Crippen molar-refractivity contribution in [3.8, 4) is 0 Å². The summed E-state index contributed by atoms with van der Waals surface area (Å²) in [4.78, 5) is 10.5. The third kappa shape index (κ3) is 5.37. The molecule has 0 saturated heterocycles. The van der Waals surface area contributed by atoms with Crippen LogP contribution in [0, 0.1) is 0 Å². The molecule has 0 rings (SSSR count). The van der Waals surface area contributed by atoms with E-state index >= 15 is 0 Å². The summed E-state index contributed by atoms with van der Waals surface area (Å²) in [6, 6.07) is 0. The highest BCUT2D eigenvalue weighted by molar-refractivity contribution is 5.66. The maximum absolute atomic E-state index is 10.5. The van der Waals surface area contributed by atoms with Gasteiger partial charge < -0.3 is 10.1 Å². The fourth-order valence-corrected chi connectivity index (χ4v) is 0.399. The van der Waals surface area contributed by atoms with E-state index in [9.17, 15) is 9.90 Å². The monoisotopic (exact) mass is 146 g/mol. The lowest BCUT2D eigenvalue weighted by Crippen LogP contribution is -2.26. The van der Waals surface area contributed by atoms with Crippen molar-refractivity contribution in [2.75, 3.05) is 19.8 Å². The van der Waals surface area contributed by atoms with E-state index in [1.807, 2.05) is 6.92 Å². The van der Waals surface area contributed by atoms with E-state index in [-0.39, 0.29) is 13.2 Å². The number of rotatable bonds is 4. The van der Waals surface area contributed by atoms with Crippen LogP contribution in [0.5, 0.6) is 0 Å². The Morgan fingerprint density at radius 1 is 1.60 bits per heavy atom. The summed E-state index contributed by atoms with van der Waals surface area (Å²) in [7, 11) is 0. The molecule has 1 N–H and O–H groups in total. The molecule has 0 bridgehead atoms. The molecule has 0 aromatic heterocycles. The van der Waals surface area contributed by atoms with Crippen molar-refractivity contribution in [1.29, 1.82) is 0 Å². The van der Waals surface area contributed by atoms with Crippen LogP contribution < -0.4 is 5.32 Å². The number of carbonyl (C=O) groups is 1. The molecule has 0 aromatic rings. The van der Waals surface area contributed by atoms with E-state index in [0.29, 0.717) is 6.61 Å². The molecule has 59 valence electrons. The van der Waals surface area contributed by atoms with Crippen molar-refractivity contribution < 1.29 is 14.6 Å². The van der Waals surface area contributed by atoms with Crippen LogP contribution in [-0.4, -0.2) is 25.9 Å². The number of carbonyl (C=O) groups excluding carboxylic acids is 1. The normalized spacial score (nSPS) is 9.00. The Kier molecular flexibility index (Phi) is 5.86. The van der Waals surface area contributed by atoms with E-state index in [1.54, 1.807) is 0 Å². The zero-order valence-corrected chi connectivity index (χ0v) is 6.05. The molecule has 0 fully saturated rings. The molecule has 0 saturated carbocycles. The molecule has 0 spiro atoms. The Bertz CT molecular complexity index is 85.0. The Labute approximate surface area is 60.2 Å². The topological polar surface area (TPSA) is 58.2 Å². The van der Waals surface area contributed by atoms with Crippen molar-refractivity contribution in [3.63, 3.8) is 0 Å². The SMILES string of the molecule is CCCOC(=O)NCC[O]. The largest absolute Gasteiger partial charge is 0.450 e. The minimum Gasteiger partial charge on any atom is -0.450 e. The number of hydrogen-bond donors (Lipinski definition) is 1. The van der Waals surface area contributed by atoms with Gasteiger partial charge in [-0.15, -0.1) is 0 Å². The highest BCUT2D eigenvalue weighted by atomic mass is 16.5. The maximum Gasteiger partial charge on any atom is 0.407 e. The van der Waals surface area contributed by atoms with Crippen LogP contribution in [0.15, 0.2) is 0 Å². The molecule has 0 unspecified atom stereocenters. The first kappa shape index (κ1) is 9.23. The molecule has 0 atom stereocenters. The lowest BCUT2D eigenvalue weighted by molar-refractivity contribution is 0.138. The summed E-state index contributed by atoms with van der Waals surface area (Å²) in [5.74, 6) is 0. The molecule has 0 aliphatic heterocycles. The van der Waals surface area contributed by atoms with Gasteiger partial charge in [0.15, 0.2) is 0 Å². The molecule has 0 aliphatic carbocycles. The molecule has 1 radical (unpaired) electrons. The number of nitrogens with one attached hydrogen (secondary N) is 1. The zero-order valence-electron chi connectivity index (χ0n) is 6.05. The zero-order chi connectivity index (χ0) is 7.82. The third-order valence-corrected chi connectivity index (χ3v) is 0.809. The summed E-state index contributed by atoms with van der Waals surface area (Å²) in [6.07, 6.45) is 0.294. The second kappa shape index (κ2) is 6.35. The van der Waals surface area contributed by atoms with Crippen LogP contribution in [0.2, 0.25) is 0 Å². The Hall–Kier alpha value is -0.770. The van der Waals surface area contributed by atoms with Crippen molar-refractivity contribution in [2.45, 2.75) is 13.3 Å². The van der Waals surface area contributed by atoms with Gasteiger partial charge in [0.2, 0.25) is 0 Å². The third-order valence-electron chi connectivity index (χ3n) is 0.809. The first-order chi connectivity index (χ1) is 4.81. The summed E-state index contributed by atoms with van der Waals surface area (Å²) < 4.78 is 4.60. The summed E-state index contributed by atoms with van der Waals surface area (Å²) in [5.41, 5.74) is 0. The molecule has 4 heteroatoms. The van der Waals surface area contributed by atoms with Gasteiger partial charge in [-0.2, -0.15) is 0 Å². The Morgan fingerprint density at radius 2 is 2.30 bits per heavy atom. The predicted octanol–water partition coefficient (Wildman–Crippen LogP) is 0.553. The van der Waals surface area contributed by atoms with Crippen LogP contribution in [0.1, 0.15) is 13.3 Å². The number of amides is 1. The first-order valence-corrected chi connectivity index (χ1v) is 3.30. The Balaban J connectivity index is 3.09. The van der Waals surface area contributed by atoms with E-state index in [4.69, 9.17) is 0 Å². The predicted molar refractivity (Wildman–Crippen MR) is 35.2 cm³/mol. The van der Waals surface area contributed by atoms with Crippen molar-refractivity contribution in [2.24, 2.45) is 0 Å². The van der Waals surface area contributed by atoms with E-state index in [0.717, 1.165) is 6.42 Å². The maximum atomic E-state index is 10.5. The van der Waals surface area contributed by atoms with Crippen molar-refractivity contribution in [1.82, 2.24) is 5.32 Å². The van der Waals surface area contributed by atoms with Gasteiger partial charge in [0.05, 0.1) is 13.2 Å². The van der Waals surface area contributed by atoms with Crippen LogP contribution >= 0.6 is 0 Å². The van der Waals surface area contributed by atoms with Crippen LogP contribution in [0.3, 0.4) is 0 Å². The van der Waals surface area contributed by atoms with Crippen LogP contribution in [0.25, 0.3) is 0 Å². The second-order valence-electron chi connectivity index (χ2n) is 1.77. The molecule has 0 heterocycles.